The van der Waals surface area contributed by atoms with Crippen molar-refractivity contribution in [1.82, 2.24) is 5.43 Å². The van der Waals surface area contributed by atoms with Gasteiger partial charge >= 0.3 is 0 Å². The van der Waals surface area contributed by atoms with Gasteiger partial charge in [0.05, 0.1) is 6.04 Å². The average molecular weight is 274 g/mol. The van der Waals surface area contributed by atoms with E-state index in [2.05, 4.69) is 51.3 Å². The summed E-state index contributed by atoms with van der Waals surface area (Å²) in [7, 11) is 0. The largest absolute Gasteiger partial charge is 0.271 e. The molecule has 0 spiro atoms. The zero-order valence-electron chi connectivity index (χ0n) is 13.5. The number of hydrazine groups is 1. The highest BCUT2D eigenvalue weighted by Gasteiger charge is 2.42. The molecular formula is C18H30N2. The lowest BCUT2D eigenvalue weighted by Crippen LogP contribution is -2.41. The van der Waals surface area contributed by atoms with Gasteiger partial charge in [-0.2, -0.15) is 0 Å². The minimum atomic E-state index is 0.285. The SMILES string of the molecule is Cc1ccc(C)c(C(NN)C2(CC(C)C)CCCC2)c1. The van der Waals surface area contributed by atoms with Gasteiger partial charge in [0.15, 0.2) is 0 Å². The van der Waals surface area contributed by atoms with E-state index in [9.17, 15) is 0 Å². The number of hydrogen-bond acceptors (Lipinski definition) is 2. The third kappa shape index (κ3) is 3.07. The van der Waals surface area contributed by atoms with E-state index in [-0.39, 0.29) is 6.04 Å². The van der Waals surface area contributed by atoms with Crippen LogP contribution in [0.3, 0.4) is 0 Å². The van der Waals surface area contributed by atoms with Crippen LogP contribution >= 0.6 is 0 Å². The van der Waals surface area contributed by atoms with Crippen LogP contribution in [0.4, 0.5) is 0 Å². The maximum Gasteiger partial charge on any atom is 0.0519 e. The Morgan fingerprint density at radius 2 is 1.85 bits per heavy atom. The van der Waals surface area contributed by atoms with Crippen molar-refractivity contribution in [3.05, 3.63) is 34.9 Å². The molecule has 0 radical (unpaired) electrons. The third-order valence-electron chi connectivity index (χ3n) is 4.94. The van der Waals surface area contributed by atoms with Crippen molar-refractivity contribution in [3.63, 3.8) is 0 Å². The van der Waals surface area contributed by atoms with Crippen molar-refractivity contribution in [2.75, 3.05) is 0 Å². The molecule has 1 unspecified atom stereocenters. The fraction of sp³-hybridized carbons (Fsp3) is 0.667. The van der Waals surface area contributed by atoms with E-state index in [4.69, 9.17) is 5.84 Å². The van der Waals surface area contributed by atoms with Crippen LogP contribution in [0, 0.1) is 25.2 Å². The van der Waals surface area contributed by atoms with Crippen molar-refractivity contribution in [1.29, 1.82) is 0 Å². The molecule has 0 aromatic heterocycles. The summed E-state index contributed by atoms with van der Waals surface area (Å²) in [6.07, 6.45) is 6.54. The first-order valence-electron chi connectivity index (χ1n) is 8.02. The molecule has 0 aliphatic heterocycles. The van der Waals surface area contributed by atoms with E-state index in [1.165, 1.54) is 48.8 Å². The molecule has 1 aromatic rings. The Kier molecular flexibility index (Phi) is 4.87. The number of hydrogen-bond donors (Lipinski definition) is 2. The fourth-order valence-corrected chi connectivity index (χ4v) is 4.17. The molecule has 0 saturated heterocycles. The Labute approximate surface area is 124 Å². The molecule has 1 fully saturated rings. The van der Waals surface area contributed by atoms with Gasteiger partial charge in [0.25, 0.3) is 0 Å². The molecule has 0 bridgehead atoms. The van der Waals surface area contributed by atoms with Gasteiger partial charge in [-0.05, 0) is 55.6 Å². The van der Waals surface area contributed by atoms with Gasteiger partial charge in [-0.3, -0.25) is 11.3 Å². The second-order valence-electron chi connectivity index (χ2n) is 7.13. The minimum absolute atomic E-state index is 0.285. The number of aryl methyl sites for hydroxylation is 2. The van der Waals surface area contributed by atoms with Gasteiger partial charge < -0.3 is 0 Å². The molecule has 1 saturated carbocycles. The zero-order chi connectivity index (χ0) is 14.8. The van der Waals surface area contributed by atoms with Crippen LogP contribution < -0.4 is 11.3 Å². The lowest BCUT2D eigenvalue weighted by atomic mass is 9.70. The van der Waals surface area contributed by atoms with Crippen molar-refractivity contribution < 1.29 is 0 Å². The summed E-state index contributed by atoms with van der Waals surface area (Å²) in [5, 5.41) is 0. The van der Waals surface area contributed by atoms with Crippen LogP contribution in [0.5, 0.6) is 0 Å². The quantitative estimate of drug-likeness (QED) is 0.616. The van der Waals surface area contributed by atoms with Gasteiger partial charge in [-0.1, -0.05) is 50.5 Å². The number of nitrogens with one attached hydrogen (secondary N) is 1. The summed E-state index contributed by atoms with van der Waals surface area (Å²) in [6.45, 7) is 9.03. The Bertz CT molecular complexity index is 445. The monoisotopic (exact) mass is 274 g/mol. The minimum Gasteiger partial charge on any atom is -0.271 e. The first kappa shape index (κ1) is 15.5. The summed E-state index contributed by atoms with van der Waals surface area (Å²) in [5.41, 5.74) is 7.59. The van der Waals surface area contributed by atoms with Gasteiger partial charge in [-0.15, -0.1) is 0 Å². The summed E-state index contributed by atoms with van der Waals surface area (Å²) >= 11 is 0. The van der Waals surface area contributed by atoms with Crippen LogP contribution in [-0.4, -0.2) is 0 Å². The maximum absolute atomic E-state index is 6.01. The number of rotatable bonds is 5. The Morgan fingerprint density at radius 3 is 2.40 bits per heavy atom. The number of benzene rings is 1. The first-order chi connectivity index (χ1) is 9.48. The van der Waals surface area contributed by atoms with Crippen LogP contribution in [-0.2, 0) is 0 Å². The molecule has 3 N–H and O–H groups in total. The van der Waals surface area contributed by atoms with Gasteiger partial charge in [0.1, 0.15) is 0 Å². The predicted octanol–water partition coefficient (Wildman–Crippen LogP) is 4.41. The van der Waals surface area contributed by atoms with E-state index in [1.807, 2.05) is 0 Å². The highest BCUT2D eigenvalue weighted by molar-refractivity contribution is 5.34. The van der Waals surface area contributed by atoms with E-state index < -0.39 is 0 Å². The Hall–Kier alpha value is -0.860. The normalized spacial score (nSPS) is 19.5. The van der Waals surface area contributed by atoms with Crippen molar-refractivity contribution in [2.24, 2.45) is 17.2 Å². The molecule has 0 heterocycles. The number of nitrogens with two attached hydrogens (primary N) is 1. The molecule has 2 heteroatoms. The van der Waals surface area contributed by atoms with E-state index in [1.54, 1.807) is 0 Å². The molecule has 1 aromatic carbocycles. The van der Waals surface area contributed by atoms with Crippen LogP contribution in [0.2, 0.25) is 0 Å². The molecule has 20 heavy (non-hydrogen) atoms. The molecule has 2 nitrogen and oxygen atoms in total. The summed E-state index contributed by atoms with van der Waals surface area (Å²) in [4.78, 5) is 0. The molecule has 2 rings (SSSR count). The first-order valence-corrected chi connectivity index (χ1v) is 8.02. The second-order valence-corrected chi connectivity index (χ2v) is 7.13. The van der Waals surface area contributed by atoms with Gasteiger partial charge in [-0.25, -0.2) is 0 Å². The highest BCUT2D eigenvalue weighted by atomic mass is 15.2. The second kappa shape index (κ2) is 6.28. The summed E-state index contributed by atoms with van der Waals surface area (Å²) in [5.74, 6) is 6.73. The lowest BCUT2D eigenvalue weighted by molar-refractivity contribution is 0.155. The topological polar surface area (TPSA) is 38.0 Å². The van der Waals surface area contributed by atoms with Crippen LogP contribution in [0.25, 0.3) is 0 Å². The lowest BCUT2D eigenvalue weighted by Gasteiger charge is -2.40. The molecular weight excluding hydrogens is 244 g/mol. The molecule has 0 amide bonds. The van der Waals surface area contributed by atoms with Crippen molar-refractivity contribution in [2.45, 2.75) is 65.8 Å². The third-order valence-corrected chi connectivity index (χ3v) is 4.94. The predicted molar refractivity (Wildman–Crippen MR) is 86.3 cm³/mol. The van der Waals surface area contributed by atoms with E-state index in [0.717, 1.165) is 0 Å². The van der Waals surface area contributed by atoms with Crippen molar-refractivity contribution >= 4 is 0 Å². The summed E-state index contributed by atoms with van der Waals surface area (Å²) < 4.78 is 0. The molecule has 1 atom stereocenters. The maximum atomic E-state index is 6.01. The van der Waals surface area contributed by atoms with Gasteiger partial charge in [0, 0.05) is 0 Å². The zero-order valence-corrected chi connectivity index (χ0v) is 13.5. The average Bonchev–Trinajstić information content (AvgIpc) is 2.83. The Balaban J connectivity index is 2.40. The van der Waals surface area contributed by atoms with Crippen molar-refractivity contribution in [3.8, 4) is 0 Å². The van der Waals surface area contributed by atoms with Crippen LogP contribution in [0.1, 0.15) is 68.7 Å². The highest BCUT2D eigenvalue weighted by Crippen LogP contribution is 2.51. The fourth-order valence-electron chi connectivity index (χ4n) is 4.17. The molecule has 1 aliphatic rings. The smallest absolute Gasteiger partial charge is 0.0519 e. The standard InChI is InChI=1S/C18H30N2/c1-13(2)12-18(9-5-6-10-18)17(20-19)16-11-14(3)7-8-15(16)4/h7-8,11,13,17,20H,5-6,9-10,12,19H2,1-4H3. The van der Waals surface area contributed by atoms with E-state index >= 15 is 0 Å². The Morgan fingerprint density at radius 1 is 1.20 bits per heavy atom. The van der Waals surface area contributed by atoms with Gasteiger partial charge in [0.2, 0.25) is 0 Å². The van der Waals surface area contributed by atoms with E-state index in [0.29, 0.717) is 11.3 Å². The molecule has 1 aliphatic carbocycles. The molecule has 112 valence electrons. The van der Waals surface area contributed by atoms with Crippen LogP contribution in [0.15, 0.2) is 18.2 Å². The summed E-state index contributed by atoms with van der Waals surface area (Å²) in [6, 6.07) is 7.02.